The summed E-state index contributed by atoms with van der Waals surface area (Å²) in [5.41, 5.74) is 0.609. The average molecular weight is 514 g/mol. The Morgan fingerprint density at radius 1 is 1.15 bits per heavy atom. The number of aromatic amines is 1. The molecule has 4 rings (SSSR count). The number of pyridine rings is 1. The smallest absolute Gasteiger partial charge is 0.359 e. The van der Waals surface area contributed by atoms with Crippen LogP contribution >= 0.6 is 23.2 Å². The number of aromatic nitrogens is 2. The van der Waals surface area contributed by atoms with Crippen LogP contribution in [0.25, 0.3) is 10.9 Å². The highest BCUT2D eigenvalue weighted by Crippen LogP contribution is 2.34. The molecule has 1 saturated heterocycles. The Bertz CT molecular complexity index is 1250. The second-order valence-electron chi connectivity index (χ2n) is 7.82. The van der Waals surface area contributed by atoms with Gasteiger partial charge in [0.2, 0.25) is 5.91 Å². The minimum atomic E-state index is -4.53. The molecule has 0 aliphatic carbocycles. The van der Waals surface area contributed by atoms with Crippen molar-refractivity contribution in [3.63, 3.8) is 0 Å². The maximum Gasteiger partial charge on any atom is 0.417 e. The third-order valence-electron chi connectivity index (χ3n) is 5.68. The van der Waals surface area contributed by atoms with Gasteiger partial charge in [-0.3, -0.25) is 9.59 Å². The molecule has 34 heavy (non-hydrogen) atoms. The lowest BCUT2D eigenvalue weighted by Gasteiger charge is -2.36. The molecule has 0 spiro atoms. The molecular weight excluding hydrogens is 494 g/mol. The molecule has 2 amide bonds. The zero-order chi connectivity index (χ0) is 24.6. The molecular formula is C22H20Cl2F3N5O2. The van der Waals surface area contributed by atoms with Gasteiger partial charge in [0, 0.05) is 61.0 Å². The Labute approximate surface area is 202 Å². The van der Waals surface area contributed by atoms with Crippen LogP contribution in [-0.2, 0) is 17.4 Å². The van der Waals surface area contributed by atoms with Crippen molar-refractivity contribution in [2.75, 3.05) is 38.1 Å². The lowest BCUT2D eigenvalue weighted by Crippen LogP contribution is -2.49. The van der Waals surface area contributed by atoms with Gasteiger partial charge < -0.3 is 20.1 Å². The van der Waals surface area contributed by atoms with Crippen LogP contribution in [0, 0.1) is 0 Å². The summed E-state index contributed by atoms with van der Waals surface area (Å²) in [6.45, 7) is 1.28. The summed E-state index contributed by atoms with van der Waals surface area (Å²) in [4.78, 5) is 35.9. The van der Waals surface area contributed by atoms with Crippen LogP contribution in [-0.4, -0.2) is 59.9 Å². The lowest BCUT2D eigenvalue weighted by molar-refractivity contribution is -0.137. The quantitative estimate of drug-likeness (QED) is 0.549. The summed E-state index contributed by atoms with van der Waals surface area (Å²) in [7, 11) is 1.52. The minimum absolute atomic E-state index is 0.00504. The summed E-state index contributed by atoms with van der Waals surface area (Å²) in [6.07, 6.45) is -3.79. The first kappa shape index (κ1) is 24.2. The highest BCUT2D eigenvalue weighted by Gasteiger charge is 2.33. The van der Waals surface area contributed by atoms with Gasteiger partial charge in [0.15, 0.2) is 0 Å². The largest absolute Gasteiger partial charge is 0.417 e. The number of anilines is 1. The number of halogens is 5. The fourth-order valence-corrected chi connectivity index (χ4v) is 4.41. The van der Waals surface area contributed by atoms with Gasteiger partial charge in [-0.1, -0.05) is 29.3 Å². The van der Waals surface area contributed by atoms with Crippen molar-refractivity contribution < 1.29 is 22.8 Å². The highest BCUT2D eigenvalue weighted by molar-refractivity contribution is 6.33. The van der Waals surface area contributed by atoms with E-state index in [1.807, 2.05) is 0 Å². The molecule has 180 valence electrons. The molecule has 1 fully saturated rings. The van der Waals surface area contributed by atoms with Gasteiger partial charge in [-0.25, -0.2) is 4.98 Å². The Kier molecular flexibility index (Phi) is 6.64. The lowest BCUT2D eigenvalue weighted by atomic mass is 10.1. The van der Waals surface area contributed by atoms with Crippen molar-refractivity contribution in [2.45, 2.75) is 12.6 Å². The summed E-state index contributed by atoms with van der Waals surface area (Å²) in [6, 6.07) is 5.95. The van der Waals surface area contributed by atoms with E-state index >= 15 is 0 Å². The van der Waals surface area contributed by atoms with Crippen molar-refractivity contribution in [3.05, 3.63) is 57.3 Å². The van der Waals surface area contributed by atoms with Crippen LogP contribution in [0.1, 0.15) is 21.6 Å². The number of nitrogens with zero attached hydrogens (tertiary/aromatic N) is 3. The molecule has 2 N–H and O–H groups in total. The van der Waals surface area contributed by atoms with Crippen LogP contribution in [0.2, 0.25) is 10.0 Å². The third-order valence-corrected chi connectivity index (χ3v) is 6.20. The number of hydrogen-bond donors (Lipinski definition) is 2. The molecule has 0 bridgehead atoms. The van der Waals surface area contributed by atoms with Crippen molar-refractivity contribution >= 4 is 51.7 Å². The summed E-state index contributed by atoms with van der Waals surface area (Å²) < 4.78 is 38.7. The molecule has 2 aromatic heterocycles. The molecule has 12 heteroatoms. The fraction of sp³-hybridized carbons (Fsp3) is 0.318. The number of piperazine rings is 1. The van der Waals surface area contributed by atoms with E-state index in [1.54, 1.807) is 28.0 Å². The van der Waals surface area contributed by atoms with Crippen LogP contribution < -0.4 is 10.2 Å². The van der Waals surface area contributed by atoms with Crippen molar-refractivity contribution in [1.29, 1.82) is 0 Å². The van der Waals surface area contributed by atoms with Gasteiger partial charge >= 0.3 is 6.18 Å². The summed E-state index contributed by atoms with van der Waals surface area (Å²) in [5, 5.41) is 3.60. The zero-order valence-electron chi connectivity index (χ0n) is 18.0. The number of H-pyrrole nitrogens is 1. The molecule has 1 aromatic carbocycles. The van der Waals surface area contributed by atoms with Crippen LogP contribution in [0.5, 0.6) is 0 Å². The van der Waals surface area contributed by atoms with Crippen molar-refractivity contribution in [1.82, 2.24) is 20.2 Å². The molecule has 1 aliphatic heterocycles. The van der Waals surface area contributed by atoms with Gasteiger partial charge in [0.25, 0.3) is 5.91 Å². The van der Waals surface area contributed by atoms with E-state index in [0.717, 1.165) is 12.3 Å². The standard InChI is InChI=1S/C22H20Cl2F3N5O2/c1-28-18(33)10-17-19(14-3-2-13(23)9-16(14)30-17)21(34)32-6-4-31(5-7-32)20-15(24)8-12(11-29-20)22(25,26)27/h2-3,8-9,11,30H,4-7,10H2,1H3,(H,28,33). The SMILES string of the molecule is CNC(=O)Cc1[nH]c2cc(Cl)ccc2c1C(=O)N1CCN(c2ncc(C(F)(F)F)cc2Cl)CC1. The number of alkyl halides is 3. The van der Waals surface area contributed by atoms with E-state index in [2.05, 4.69) is 15.3 Å². The Hall–Kier alpha value is -2.98. The molecule has 7 nitrogen and oxygen atoms in total. The normalized spacial score (nSPS) is 14.5. The predicted octanol–water partition coefficient (Wildman–Crippen LogP) is 4.14. The summed E-state index contributed by atoms with van der Waals surface area (Å²) in [5.74, 6) is -0.262. The van der Waals surface area contributed by atoms with E-state index in [9.17, 15) is 22.8 Å². The Balaban J connectivity index is 1.55. The average Bonchev–Trinajstić information content (AvgIpc) is 3.14. The Morgan fingerprint density at radius 2 is 1.85 bits per heavy atom. The van der Waals surface area contributed by atoms with E-state index in [-0.39, 0.29) is 29.1 Å². The number of hydrogen-bond acceptors (Lipinski definition) is 4. The topological polar surface area (TPSA) is 81.3 Å². The van der Waals surface area contributed by atoms with Crippen molar-refractivity contribution in [3.8, 4) is 0 Å². The first-order valence-electron chi connectivity index (χ1n) is 10.4. The van der Waals surface area contributed by atoms with Gasteiger partial charge in [-0.15, -0.1) is 0 Å². The first-order chi connectivity index (χ1) is 16.1. The summed E-state index contributed by atoms with van der Waals surface area (Å²) >= 11 is 12.2. The van der Waals surface area contributed by atoms with Gasteiger partial charge in [0.05, 0.1) is 22.6 Å². The molecule has 1 aliphatic rings. The maximum absolute atomic E-state index is 13.5. The van der Waals surface area contributed by atoms with Crippen LogP contribution in [0.15, 0.2) is 30.5 Å². The van der Waals surface area contributed by atoms with E-state index in [4.69, 9.17) is 23.2 Å². The second kappa shape index (κ2) is 9.34. The second-order valence-corrected chi connectivity index (χ2v) is 8.67. The minimum Gasteiger partial charge on any atom is -0.359 e. The van der Waals surface area contributed by atoms with Gasteiger partial charge in [-0.2, -0.15) is 13.2 Å². The number of likely N-dealkylation sites (N-methyl/N-ethyl adjacent to an activating group) is 1. The van der Waals surface area contributed by atoms with Crippen LogP contribution in [0.4, 0.5) is 19.0 Å². The van der Waals surface area contributed by atoms with Crippen LogP contribution in [0.3, 0.4) is 0 Å². The van der Waals surface area contributed by atoms with Gasteiger partial charge in [0.1, 0.15) is 5.82 Å². The highest BCUT2D eigenvalue weighted by atomic mass is 35.5. The third kappa shape index (κ3) is 4.78. The monoisotopic (exact) mass is 513 g/mol. The van der Waals surface area contributed by atoms with E-state index < -0.39 is 11.7 Å². The molecule has 3 heterocycles. The Morgan fingerprint density at radius 3 is 2.47 bits per heavy atom. The van der Waals surface area contributed by atoms with Gasteiger partial charge in [-0.05, 0) is 18.2 Å². The zero-order valence-corrected chi connectivity index (χ0v) is 19.5. The number of rotatable bonds is 4. The number of amides is 2. The molecule has 0 unspecified atom stereocenters. The molecule has 0 atom stereocenters. The number of carbonyl (C=O) groups excluding carboxylic acids is 2. The number of nitrogens with one attached hydrogen (secondary N) is 2. The number of carbonyl (C=O) groups is 2. The molecule has 0 radical (unpaired) electrons. The molecule has 0 saturated carbocycles. The molecule has 3 aromatic rings. The fourth-order valence-electron chi connectivity index (χ4n) is 3.95. The van der Waals surface area contributed by atoms with Crippen molar-refractivity contribution in [2.24, 2.45) is 0 Å². The maximum atomic E-state index is 13.5. The van der Waals surface area contributed by atoms with E-state index in [1.165, 1.54) is 7.05 Å². The number of fused-ring (bicyclic) bond motifs is 1. The predicted molar refractivity (Wildman–Crippen MR) is 123 cm³/mol. The van der Waals surface area contributed by atoms with E-state index in [0.29, 0.717) is 53.4 Å². The first-order valence-corrected chi connectivity index (χ1v) is 11.1. The number of benzene rings is 1.